The molecule has 0 amide bonds. The standard InChI is InChI=1S/C16H25NO3/c1-4-16(19,5-2)12-17-14(15(18)20-6-3)13-10-8-7-9-11-13/h7-11,14,17,19H,4-6,12H2,1-3H3. The van der Waals surface area contributed by atoms with Crippen LogP contribution in [-0.2, 0) is 9.53 Å². The fourth-order valence-corrected chi connectivity index (χ4v) is 2.00. The maximum atomic E-state index is 12.1. The Labute approximate surface area is 121 Å². The second kappa shape index (κ2) is 8.02. The molecule has 0 spiro atoms. The van der Waals surface area contributed by atoms with E-state index < -0.39 is 11.6 Å². The Bertz CT molecular complexity index is 401. The van der Waals surface area contributed by atoms with Gasteiger partial charge in [-0.2, -0.15) is 0 Å². The summed E-state index contributed by atoms with van der Waals surface area (Å²) in [4.78, 5) is 12.1. The summed E-state index contributed by atoms with van der Waals surface area (Å²) in [5.41, 5.74) is 0.0556. The number of esters is 1. The minimum absolute atomic E-state index is 0.312. The molecule has 1 atom stereocenters. The van der Waals surface area contributed by atoms with Gasteiger partial charge in [0.05, 0.1) is 12.2 Å². The zero-order valence-electron chi connectivity index (χ0n) is 12.6. The van der Waals surface area contributed by atoms with E-state index in [2.05, 4.69) is 5.32 Å². The van der Waals surface area contributed by atoms with Gasteiger partial charge in [-0.25, -0.2) is 4.79 Å². The van der Waals surface area contributed by atoms with Crippen LogP contribution >= 0.6 is 0 Å². The molecular weight excluding hydrogens is 254 g/mol. The predicted molar refractivity (Wildman–Crippen MR) is 79.4 cm³/mol. The average Bonchev–Trinajstić information content (AvgIpc) is 2.48. The van der Waals surface area contributed by atoms with Crippen molar-refractivity contribution in [2.24, 2.45) is 0 Å². The van der Waals surface area contributed by atoms with Gasteiger partial charge in [-0.05, 0) is 25.3 Å². The molecule has 1 aromatic carbocycles. The quantitative estimate of drug-likeness (QED) is 0.718. The molecule has 0 radical (unpaired) electrons. The van der Waals surface area contributed by atoms with Crippen molar-refractivity contribution in [2.45, 2.75) is 45.3 Å². The number of carbonyl (C=O) groups is 1. The van der Waals surface area contributed by atoms with E-state index in [4.69, 9.17) is 4.74 Å². The summed E-state index contributed by atoms with van der Waals surface area (Å²) in [5, 5.41) is 13.5. The van der Waals surface area contributed by atoms with E-state index in [1.165, 1.54) is 0 Å². The first-order valence-electron chi connectivity index (χ1n) is 7.23. The van der Waals surface area contributed by atoms with Gasteiger partial charge in [0, 0.05) is 6.54 Å². The summed E-state index contributed by atoms with van der Waals surface area (Å²) in [7, 11) is 0. The minimum atomic E-state index is -0.792. The highest BCUT2D eigenvalue weighted by Crippen LogP contribution is 2.18. The van der Waals surface area contributed by atoms with E-state index in [0.29, 0.717) is 26.0 Å². The van der Waals surface area contributed by atoms with Crippen molar-refractivity contribution in [1.29, 1.82) is 0 Å². The van der Waals surface area contributed by atoms with Gasteiger partial charge in [0.15, 0.2) is 0 Å². The zero-order chi connectivity index (χ0) is 15.0. The lowest BCUT2D eigenvalue weighted by molar-refractivity contribution is -0.146. The molecule has 0 bridgehead atoms. The van der Waals surface area contributed by atoms with Crippen LogP contribution in [0.2, 0.25) is 0 Å². The van der Waals surface area contributed by atoms with Crippen LogP contribution in [0.15, 0.2) is 30.3 Å². The highest BCUT2D eigenvalue weighted by Gasteiger charge is 2.27. The Morgan fingerprint density at radius 3 is 2.35 bits per heavy atom. The first-order chi connectivity index (χ1) is 9.56. The number of hydrogen-bond acceptors (Lipinski definition) is 4. The van der Waals surface area contributed by atoms with E-state index in [1.54, 1.807) is 6.92 Å². The minimum Gasteiger partial charge on any atom is -0.465 e. The summed E-state index contributed by atoms with van der Waals surface area (Å²) < 4.78 is 5.11. The van der Waals surface area contributed by atoms with Crippen LogP contribution in [0, 0.1) is 0 Å². The molecule has 2 N–H and O–H groups in total. The fourth-order valence-electron chi connectivity index (χ4n) is 2.00. The van der Waals surface area contributed by atoms with Crippen LogP contribution in [0.25, 0.3) is 0 Å². The molecule has 112 valence electrons. The monoisotopic (exact) mass is 279 g/mol. The molecule has 20 heavy (non-hydrogen) atoms. The fraction of sp³-hybridized carbons (Fsp3) is 0.562. The second-order valence-electron chi connectivity index (χ2n) is 4.91. The molecule has 0 saturated heterocycles. The lowest BCUT2D eigenvalue weighted by atomic mass is 9.96. The third kappa shape index (κ3) is 4.62. The molecule has 0 aliphatic heterocycles. The van der Waals surface area contributed by atoms with Gasteiger partial charge in [0.25, 0.3) is 0 Å². The Morgan fingerprint density at radius 2 is 1.85 bits per heavy atom. The van der Waals surface area contributed by atoms with Crippen molar-refractivity contribution < 1.29 is 14.6 Å². The van der Waals surface area contributed by atoms with Crippen molar-refractivity contribution in [3.05, 3.63) is 35.9 Å². The topological polar surface area (TPSA) is 58.6 Å². The van der Waals surface area contributed by atoms with Gasteiger partial charge < -0.3 is 9.84 Å². The highest BCUT2D eigenvalue weighted by atomic mass is 16.5. The summed E-state index contributed by atoms with van der Waals surface area (Å²) in [5.74, 6) is -0.312. The summed E-state index contributed by atoms with van der Waals surface area (Å²) in [6, 6.07) is 8.89. The Kier molecular flexibility index (Phi) is 6.68. The number of nitrogens with one attached hydrogen (secondary N) is 1. The molecule has 1 aromatic rings. The Balaban J connectivity index is 2.82. The molecule has 0 heterocycles. The highest BCUT2D eigenvalue weighted by molar-refractivity contribution is 5.77. The van der Waals surface area contributed by atoms with Crippen LogP contribution < -0.4 is 5.32 Å². The zero-order valence-corrected chi connectivity index (χ0v) is 12.6. The molecule has 1 rings (SSSR count). The summed E-state index contributed by atoms with van der Waals surface area (Å²) in [6.45, 7) is 6.36. The van der Waals surface area contributed by atoms with Crippen LogP contribution in [0.1, 0.15) is 45.2 Å². The van der Waals surface area contributed by atoms with Crippen LogP contribution in [0.4, 0.5) is 0 Å². The lowest BCUT2D eigenvalue weighted by Gasteiger charge is -2.28. The van der Waals surface area contributed by atoms with Crippen molar-refractivity contribution in [3.8, 4) is 0 Å². The van der Waals surface area contributed by atoms with E-state index in [9.17, 15) is 9.90 Å². The van der Waals surface area contributed by atoms with Gasteiger partial charge in [-0.3, -0.25) is 5.32 Å². The summed E-state index contributed by atoms with van der Waals surface area (Å²) >= 11 is 0. The van der Waals surface area contributed by atoms with Gasteiger partial charge in [-0.1, -0.05) is 44.2 Å². The molecule has 0 aliphatic rings. The van der Waals surface area contributed by atoms with E-state index in [0.717, 1.165) is 5.56 Å². The van der Waals surface area contributed by atoms with E-state index in [-0.39, 0.29) is 5.97 Å². The van der Waals surface area contributed by atoms with E-state index in [1.807, 2.05) is 44.2 Å². The molecular formula is C16H25NO3. The molecule has 0 aliphatic carbocycles. The molecule has 1 unspecified atom stereocenters. The first kappa shape index (κ1) is 16.7. The second-order valence-corrected chi connectivity index (χ2v) is 4.91. The smallest absolute Gasteiger partial charge is 0.327 e. The molecule has 0 fully saturated rings. The third-order valence-corrected chi connectivity index (χ3v) is 3.61. The SMILES string of the molecule is CCOC(=O)C(NCC(O)(CC)CC)c1ccccc1. The maximum absolute atomic E-state index is 12.1. The van der Waals surface area contributed by atoms with Crippen molar-refractivity contribution in [2.75, 3.05) is 13.2 Å². The number of aliphatic hydroxyl groups is 1. The molecule has 0 aromatic heterocycles. The van der Waals surface area contributed by atoms with Gasteiger partial charge in [-0.15, -0.1) is 0 Å². The van der Waals surface area contributed by atoms with Crippen LogP contribution in [0.5, 0.6) is 0 Å². The molecule has 4 heteroatoms. The maximum Gasteiger partial charge on any atom is 0.327 e. The number of benzene rings is 1. The van der Waals surface area contributed by atoms with Gasteiger partial charge in [0.2, 0.25) is 0 Å². The molecule has 4 nitrogen and oxygen atoms in total. The van der Waals surface area contributed by atoms with Crippen molar-refractivity contribution in [1.82, 2.24) is 5.32 Å². The van der Waals surface area contributed by atoms with E-state index >= 15 is 0 Å². The molecule has 0 saturated carbocycles. The van der Waals surface area contributed by atoms with Gasteiger partial charge in [0.1, 0.15) is 6.04 Å². The number of rotatable bonds is 8. The van der Waals surface area contributed by atoms with Crippen molar-refractivity contribution >= 4 is 5.97 Å². The number of hydrogen-bond donors (Lipinski definition) is 2. The Hall–Kier alpha value is -1.39. The van der Waals surface area contributed by atoms with Crippen LogP contribution in [0.3, 0.4) is 0 Å². The first-order valence-corrected chi connectivity index (χ1v) is 7.23. The average molecular weight is 279 g/mol. The predicted octanol–water partition coefficient (Wildman–Crippen LogP) is 2.43. The normalized spacial score (nSPS) is 13.0. The number of carbonyl (C=O) groups excluding carboxylic acids is 1. The Morgan fingerprint density at radius 1 is 1.25 bits per heavy atom. The number of ether oxygens (including phenoxy) is 1. The third-order valence-electron chi connectivity index (χ3n) is 3.61. The largest absolute Gasteiger partial charge is 0.465 e. The van der Waals surface area contributed by atoms with Gasteiger partial charge >= 0.3 is 5.97 Å². The van der Waals surface area contributed by atoms with Crippen molar-refractivity contribution in [3.63, 3.8) is 0 Å². The summed E-state index contributed by atoms with van der Waals surface area (Å²) in [6.07, 6.45) is 1.28. The van der Waals surface area contributed by atoms with Crippen LogP contribution in [-0.4, -0.2) is 29.8 Å². The lowest BCUT2D eigenvalue weighted by Crippen LogP contribution is -2.43.